The number of piperidine rings is 1. The Bertz CT molecular complexity index is 669. The molecule has 5 nitrogen and oxygen atoms in total. The van der Waals surface area contributed by atoms with Gasteiger partial charge in [-0.3, -0.25) is 4.79 Å². The van der Waals surface area contributed by atoms with E-state index in [9.17, 15) is 14.0 Å². The van der Waals surface area contributed by atoms with Gasteiger partial charge in [0.2, 0.25) is 0 Å². The van der Waals surface area contributed by atoms with Crippen molar-refractivity contribution < 1.29 is 14.0 Å². The van der Waals surface area contributed by atoms with Gasteiger partial charge in [-0.05, 0) is 44.2 Å². The first-order valence-corrected chi connectivity index (χ1v) is 9.14. The fourth-order valence-corrected chi connectivity index (χ4v) is 3.68. The largest absolute Gasteiger partial charge is 0.349 e. The van der Waals surface area contributed by atoms with Crippen LogP contribution in [0.1, 0.15) is 41.6 Å². The number of nitrogens with one attached hydrogen (secondary N) is 1. The highest BCUT2D eigenvalue weighted by Gasteiger charge is 2.29. The van der Waals surface area contributed by atoms with Crippen molar-refractivity contribution in [3.63, 3.8) is 0 Å². The summed E-state index contributed by atoms with van der Waals surface area (Å²) in [6, 6.07) is 2.82. The van der Waals surface area contributed by atoms with Crippen LogP contribution in [-0.2, 0) is 0 Å². The van der Waals surface area contributed by atoms with E-state index >= 15 is 0 Å². The second-order valence-corrected chi connectivity index (χ2v) is 7.14. The van der Waals surface area contributed by atoms with Gasteiger partial charge in [0.1, 0.15) is 5.82 Å². The van der Waals surface area contributed by atoms with E-state index in [1.165, 1.54) is 6.07 Å². The lowest BCUT2D eigenvalue weighted by molar-refractivity contribution is 0.0908. The highest BCUT2D eigenvalue weighted by atomic mass is 35.5. The van der Waals surface area contributed by atoms with Crippen molar-refractivity contribution in [1.82, 2.24) is 15.1 Å². The molecule has 0 unspecified atom stereocenters. The number of carbonyl (C=O) groups is 2. The Labute approximate surface area is 152 Å². The Kier molecular flexibility index (Phi) is 5.47. The first-order chi connectivity index (χ1) is 12.0. The van der Waals surface area contributed by atoms with Crippen molar-refractivity contribution in [3.8, 4) is 0 Å². The summed E-state index contributed by atoms with van der Waals surface area (Å²) < 4.78 is 14.0. The van der Waals surface area contributed by atoms with Crippen LogP contribution >= 0.6 is 11.6 Å². The van der Waals surface area contributed by atoms with Gasteiger partial charge in [-0.15, -0.1) is 0 Å². The maximum absolute atomic E-state index is 14.0. The van der Waals surface area contributed by atoms with Crippen LogP contribution in [0.4, 0.5) is 9.18 Å². The Morgan fingerprint density at radius 1 is 1.12 bits per heavy atom. The standard InChI is InChI=1S/C18H23ClFN3O2/c1-12-4-5-14(20)15(16(12)19)17(24)21-13-6-10-23(11-7-13)18(25)22-8-2-3-9-22/h4-5,13H,2-3,6-11H2,1H3,(H,21,24). The number of nitrogens with zero attached hydrogens (tertiary/aromatic N) is 2. The molecule has 7 heteroatoms. The van der Waals surface area contributed by atoms with Crippen molar-refractivity contribution in [3.05, 3.63) is 34.1 Å². The molecule has 2 aliphatic heterocycles. The number of hydrogen-bond acceptors (Lipinski definition) is 2. The molecule has 0 bridgehead atoms. The molecule has 2 heterocycles. The fourth-order valence-electron chi connectivity index (χ4n) is 3.45. The van der Waals surface area contributed by atoms with E-state index in [1.807, 2.05) is 9.80 Å². The van der Waals surface area contributed by atoms with Crippen LogP contribution in [0.25, 0.3) is 0 Å². The second-order valence-electron chi connectivity index (χ2n) is 6.76. The number of halogens is 2. The van der Waals surface area contributed by atoms with Gasteiger partial charge >= 0.3 is 6.03 Å². The molecule has 2 fully saturated rings. The summed E-state index contributed by atoms with van der Waals surface area (Å²) in [6.45, 7) is 4.61. The van der Waals surface area contributed by atoms with Crippen LogP contribution in [0, 0.1) is 12.7 Å². The Hall–Kier alpha value is -1.82. The summed E-state index contributed by atoms with van der Waals surface area (Å²) in [5.74, 6) is -1.11. The number of rotatable bonds is 2. The Balaban J connectivity index is 1.56. The molecule has 0 atom stereocenters. The zero-order valence-corrected chi connectivity index (χ0v) is 15.1. The zero-order chi connectivity index (χ0) is 18.0. The number of hydrogen-bond donors (Lipinski definition) is 1. The summed E-state index contributed by atoms with van der Waals surface area (Å²) in [4.78, 5) is 28.5. The number of benzene rings is 1. The maximum atomic E-state index is 14.0. The smallest absolute Gasteiger partial charge is 0.319 e. The molecule has 25 heavy (non-hydrogen) atoms. The normalized spacial score (nSPS) is 18.5. The number of carbonyl (C=O) groups excluding carboxylic acids is 2. The number of likely N-dealkylation sites (tertiary alicyclic amines) is 2. The van der Waals surface area contributed by atoms with Gasteiger partial charge in [-0.1, -0.05) is 17.7 Å². The zero-order valence-electron chi connectivity index (χ0n) is 14.4. The molecule has 136 valence electrons. The summed E-state index contributed by atoms with van der Waals surface area (Å²) in [5.41, 5.74) is 0.566. The lowest BCUT2D eigenvalue weighted by Crippen LogP contribution is -2.50. The van der Waals surface area contributed by atoms with Crippen LogP contribution in [0.15, 0.2) is 12.1 Å². The first-order valence-electron chi connectivity index (χ1n) is 8.76. The third-order valence-electron chi connectivity index (χ3n) is 4.99. The predicted octanol–water partition coefficient (Wildman–Crippen LogP) is 3.20. The summed E-state index contributed by atoms with van der Waals surface area (Å²) in [7, 11) is 0. The van der Waals surface area contributed by atoms with Crippen LogP contribution in [0.2, 0.25) is 5.02 Å². The molecule has 0 radical (unpaired) electrons. The minimum Gasteiger partial charge on any atom is -0.349 e. The van der Waals surface area contributed by atoms with Gasteiger partial charge in [-0.2, -0.15) is 0 Å². The Morgan fingerprint density at radius 2 is 1.72 bits per heavy atom. The van der Waals surface area contributed by atoms with E-state index in [4.69, 9.17) is 11.6 Å². The Morgan fingerprint density at radius 3 is 2.36 bits per heavy atom. The molecule has 2 aliphatic rings. The quantitative estimate of drug-likeness (QED) is 0.872. The molecule has 0 aromatic heterocycles. The molecule has 3 rings (SSSR count). The molecule has 1 aromatic rings. The van der Waals surface area contributed by atoms with Crippen molar-refractivity contribution >= 4 is 23.5 Å². The van der Waals surface area contributed by atoms with E-state index in [-0.39, 0.29) is 22.7 Å². The lowest BCUT2D eigenvalue weighted by atomic mass is 10.0. The van der Waals surface area contributed by atoms with E-state index in [0.717, 1.165) is 25.9 Å². The molecule has 1 N–H and O–H groups in total. The summed E-state index contributed by atoms with van der Waals surface area (Å²) >= 11 is 6.09. The predicted molar refractivity (Wildman–Crippen MR) is 94.4 cm³/mol. The monoisotopic (exact) mass is 367 g/mol. The molecular formula is C18H23ClFN3O2. The van der Waals surface area contributed by atoms with Crippen LogP contribution in [0.5, 0.6) is 0 Å². The molecule has 0 aliphatic carbocycles. The van der Waals surface area contributed by atoms with Gasteiger partial charge in [0, 0.05) is 32.2 Å². The molecule has 0 spiro atoms. The number of urea groups is 1. The van der Waals surface area contributed by atoms with E-state index < -0.39 is 11.7 Å². The molecule has 0 saturated carbocycles. The maximum Gasteiger partial charge on any atom is 0.319 e. The minimum absolute atomic E-state index is 0.0777. The van der Waals surface area contributed by atoms with Gasteiger partial charge in [0.05, 0.1) is 10.6 Å². The van der Waals surface area contributed by atoms with Gasteiger partial charge in [0.25, 0.3) is 5.91 Å². The van der Waals surface area contributed by atoms with Gasteiger partial charge in [0.15, 0.2) is 0 Å². The second kappa shape index (κ2) is 7.60. The van der Waals surface area contributed by atoms with Gasteiger partial charge < -0.3 is 15.1 Å². The molecule has 3 amide bonds. The number of aryl methyl sites for hydroxylation is 1. The van der Waals surface area contributed by atoms with Crippen LogP contribution < -0.4 is 5.32 Å². The van der Waals surface area contributed by atoms with Crippen molar-refractivity contribution in [1.29, 1.82) is 0 Å². The first kappa shape index (κ1) is 18.0. The van der Waals surface area contributed by atoms with E-state index in [1.54, 1.807) is 13.0 Å². The molecule has 2 saturated heterocycles. The fraction of sp³-hybridized carbons (Fsp3) is 0.556. The molecule has 1 aromatic carbocycles. The number of amides is 3. The third-order valence-corrected chi connectivity index (χ3v) is 5.48. The van der Waals surface area contributed by atoms with E-state index in [0.29, 0.717) is 31.5 Å². The lowest BCUT2D eigenvalue weighted by Gasteiger charge is -2.34. The highest BCUT2D eigenvalue weighted by molar-refractivity contribution is 6.34. The average Bonchev–Trinajstić information content (AvgIpc) is 3.13. The average molecular weight is 368 g/mol. The molecular weight excluding hydrogens is 345 g/mol. The van der Waals surface area contributed by atoms with E-state index in [2.05, 4.69) is 5.32 Å². The van der Waals surface area contributed by atoms with Crippen LogP contribution in [0.3, 0.4) is 0 Å². The SMILES string of the molecule is Cc1ccc(F)c(C(=O)NC2CCN(C(=O)N3CCCC3)CC2)c1Cl. The van der Waals surface area contributed by atoms with Gasteiger partial charge in [-0.25, -0.2) is 9.18 Å². The summed E-state index contributed by atoms with van der Waals surface area (Å²) in [5, 5.41) is 3.01. The topological polar surface area (TPSA) is 52.7 Å². The minimum atomic E-state index is -0.616. The summed E-state index contributed by atoms with van der Waals surface area (Å²) in [6.07, 6.45) is 3.47. The van der Waals surface area contributed by atoms with Crippen molar-refractivity contribution in [2.45, 2.75) is 38.6 Å². The van der Waals surface area contributed by atoms with Crippen molar-refractivity contribution in [2.75, 3.05) is 26.2 Å². The van der Waals surface area contributed by atoms with Crippen molar-refractivity contribution in [2.24, 2.45) is 0 Å². The third kappa shape index (κ3) is 3.89. The highest BCUT2D eigenvalue weighted by Crippen LogP contribution is 2.24. The van der Waals surface area contributed by atoms with Crippen LogP contribution in [-0.4, -0.2) is 54.0 Å².